The highest BCUT2D eigenvalue weighted by atomic mass is 16.3. The average Bonchev–Trinajstić information content (AvgIpc) is 4.05. The maximum Gasteiger partial charge on any atom is 0.137 e. The number of benzene rings is 9. The summed E-state index contributed by atoms with van der Waals surface area (Å²) < 4.78 is 6.60. The van der Waals surface area contributed by atoms with Crippen LogP contribution in [-0.2, 0) is 10.8 Å². The quantitative estimate of drug-likeness (QED) is 0.149. The molecular weight excluding hydrogens is 811 g/mol. The Kier molecular flexibility index (Phi) is 8.57. The van der Waals surface area contributed by atoms with Crippen LogP contribution in [0.1, 0.15) is 54.2 Å². The molecule has 9 aromatic carbocycles. The van der Waals surface area contributed by atoms with E-state index < -0.39 is 5.41 Å². The number of furan rings is 1. The molecule has 0 aliphatic heterocycles. The van der Waals surface area contributed by atoms with E-state index in [0.717, 1.165) is 55.7 Å². The summed E-state index contributed by atoms with van der Waals surface area (Å²) in [7, 11) is 0. The van der Waals surface area contributed by atoms with Gasteiger partial charge < -0.3 is 9.32 Å². The summed E-state index contributed by atoms with van der Waals surface area (Å²) in [6.07, 6.45) is 6.19. The lowest BCUT2D eigenvalue weighted by molar-refractivity contribution is 0.660. The molecule has 2 heteroatoms. The first-order chi connectivity index (χ1) is 32.9. The molecule has 2 nitrogen and oxygen atoms in total. The molecule has 1 unspecified atom stereocenters. The fraction of sp³-hybridized carbons (Fsp3) is 0.0769. The highest BCUT2D eigenvalue weighted by Crippen LogP contribution is 2.63. The van der Waals surface area contributed by atoms with Crippen LogP contribution < -0.4 is 4.90 Å². The van der Waals surface area contributed by atoms with Crippen LogP contribution in [0.2, 0.25) is 0 Å². The molecular formula is C65H47NO. The average molecular weight is 858 g/mol. The van der Waals surface area contributed by atoms with Crippen molar-refractivity contribution in [1.29, 1.82) is 0 Å². The summed E-state index contributed by atoms with van der Waals surface area (Å²) in [6, 6.07) is 74.1. The van der Waals surface area contributed by atoms with Crippen molar-refractivity contribution < 1.29 is 4.42 Å². The van der Waals surface area contributed by atoms with Crippen LogP contribution in [0.3, 0.4) is 0 Å². The molecule has 0 fully saturated rings. The lowest BCUT2D eigenvalue weighted by atomic mass is 9.70. The van der Waals surface area contributed by atoms with Gasteiger partial charge in [0.1, 0.15) is 11.2 Å². The van der Waals surface area contributed by atoms with Gasteiger partial charge in [-0.25, -0.2) is 0 Å². The number of hydrogen-bond acceptors (Lipinski definition) is 2. The van der Waals surface area contributed by atoms with E-state index in [9.17, 15) is 0 Å². The van der Waals surface area contributed by atoms with Crippen LogP contribution in [0.25, 0.3) is 72.0 Å². The van der Waals surface area contributed by atoms with Crippen molar-refractivity contribution >= 4 is 44.6 Å². The topological polar surface area (TPSA) is 16.4 Å². The zero-order valence-corrected chi connectivity index (χ0v) is 37.8. The molecule has 0 bridgehead atoms. The highest BCUT2D eigenvalue weighted by Gasteiger charge is 2.51. The van der Waals surface area contributed by atoms with Crippen molar-refractivity contribution in [2.75, 3.05) is 4.90 Å². The van der Waals surface area contributed by atoms with Gasteiger partial charge in [-0.3, -0.25) is 0 Å². The minimum Gasteiger partial charge on any atom is -0.456 e. The molecule has 13 rings (SSSR count). The van der Waals surface area contributed by atoms with Crippen LogP contribution >= 0.6 is 0 Å². The molecule has 67 heavy (non-hydrogen) atoms. The van der Waals surface area contributed by atoms with Gasteiger partial charge in [0.25, 0.3) is 0 Å². The number of nitrogens with zero attached hydrogens (tertiary/aromatic N) is 1. The van der Waals surface area contributed by atoms with Crippen LogP contribution in [0, 0.1) is 0 Å². The lowest BCUT2D eigenvalue weighted by Gasteiger charge is -2.31. The van der Waals surface area contributed by atoms with Gasteiger partial charge in [0, 0.05) is 22.2 Å². The molecule has 0 amide bonds. The zero-order chi connectivity index (χ0) is 45.0. The van der Waals surface area contributed by atoms with Crippen LogP contribution in [0.5, 0.6) is 0 Å². The van der Waals surface area contributed by atoms with Crippen molar-refractivity contribution in [1.82, 2.24) is 0 Å². The van der Waals surface area contributed by atoms with Gasteiger partial charge in [0.05, 0.1) is 16.5 Å². The second kappa shape index (κ2) is 14.7. The second-order valence-electron chi connectivity index (χ2n) is 18.8. The summed E-state index contributed by atoms with van der Waals surface area (Å²) in [5.41, 5.74) is 24.7. The van der Waals surface area contributed by atoms with Gasteiger partial charge in [0.2, 0.25) is 0 Å². The summed E-state index contributed by atoms with van der Waals surface area (Å²) in [6.45, 7) is 11.1. The van der Waals surface area contributed by atoms with E-state index in [-0.39, 0.29) is 5.41 Å². The molecule has 10 aromatic rings. The molecule has 3 aliphatic rings. The maximum atomic E-state index is 6.60. The molecule has 1 atom stereocenters. The third kappa shape index (κ3) is 5.51. The lowest BCUT2D eigenvalue weighted by Crippen LogP contribution is -2.26. The minimum atomic E-state index is -0.446. The van der Waals surface area contributed by atoms with Crippen molar-refractivity contribution in [3.05, 3.63) is 264 Å². The van der Waals surface area contributed by atoms with Gasteiger partial charge in [-0.2, -0.15) is 0 Å². The first kappa shape index (κ1) is 39.2. The predicted molar refractivity (Wildman–Crippen MR) is 281 cm³/mol. The molecule has 0 N–H and O–H groups in total. The Morgan fingerprint density at radius 2 is 1.10 bits per heavy atom. The van der Waals surface area contributed by atoms with E-state index in [1.807, 2.05) is 6.08 Å². The summed E-state index contributed by atoms with van der Waals surface area (Å²) in [5, 5.41) is 2.18. The molecule has 318 valence electrons. The Morgan fingerprint density at radius 1 is 0.478 bits per heavy atom. The van der Waals surface area contributed by atoms with E-state index >= 15 is 0 Å². The monoisotopic (exact) mass is 857 g/mol. The third-order valence-corrected chi connectivity index (χ3v) is 15.1. The van der Waals surface area contributed by atoms with Gasteiger partial charge in [-0.05, 0) is 144 Å². The SMILES string of the molecule is C=C/C=C\C1=C(C)C2(c3ccccc31)c1ccccc1-c1c(-c3cc(-c4ccccc4)cc(N(c4ccc5c(c4)C(C)(C)c4ccccc4-5)c4cccc5oc6ccccc6c45)c3)cccc12. The zero-order valence-electron chi connectivity index (χ0n) is 37.8. The molecule has 1 spiro atoms. The smallest absolute Gasteiger partial charge is 0.137 e. The van der Waals surface area contributed by atoms with Gasteiger partial charge in [-0.15, -0.1) is 0 Å². The van der Waals surface area contributed by atoms with E-state index in [1.165, 1.54) is 72.3 Å². The van der Waals surface area contributed by atoms with Gasteiger partial charge >= 0.3 is 0 Å². The molecule has 0 saturated heterocycles. The Bertz CT molecular complexity index is 3760. The number of fused-ring (bicyclic) bond motifs is 13. The largest absolute Gasteiger partial charge is 0.456 e. The highest BCUT2D eigenvalue weighted by molar-refractivity contribution is 6.14. The van der Waals surface area contributed by atoms with E-state index in [0.29, 0.717) is 0 Å². The van der Waals surface area contributed by atoms with Crippen molar-refractivity contribution in [2.45, 2.75) is 31.6 Å². The van der Waals surface area contributed by atoms with Gasteiger partial charge in [-0.1, -0.05) is 190 Å². The Balaban J connectivity index is 1.10. The Labute approximate surface area is 392 Å². The van der Waals surface area contributed by atoms with E-state index in [2.05, 4.69) is 245 Å². The fourth-order valence-electron chi connectivity index (χ4n) is 12.2. The first-order valence-electron chi connectivity index (χ1n) is 23.4. The fourth-order valence-corrected chi connectivity index (χ4v) is 12.2. The first-order valence-corrected chi connectivity index (χ1v) is 23.4. The molecule has 0 saturated carbocycles. The normalized spacial score (nSPS) is 16.1. The van der Waals surface area contributed by atoms with Gasteiger partial charge in [0.15, 0.2) is 0 Å². The number of anilines is 3. The number of hydrogen-bond donors (Lipinski definition) is 0. The van der Waals surface area contributed by atoms with E-state index in [1.54, 1.807) is 0 Å². The molecule has 3 aliphatic carbocycles. The Morgan fingerprint density at radius 3 is 1.93 bits per heavy atom. The van der Waals surface area contributed by atoms with E-state index in [4.69, 9.17) is 4.42 Å². The molecule has 1 aromatic heterocycles. The van der Waals surface area contributed by atoms with Crippen LogP contribution in [-0.4, -0.2) is 0 Å². The van der Waals surface area contributed by atoms with Crippen LogP contribution in [0.4, 0.5) is 17.1 Å². The predicted octanol–water partition coefficient (Wildman–Crippen LogP) is 17.5. The molecule has 0 radical (unpaired) electrons. The van der Waals surface area contributed by atoms with Crippen LogP contribution in [0.15, 0.2) is 235 Å². The minimum absolute atomic E-state index is 0.181. The molecule has 1 heterocycles. The number of para-hydroxylation sites is 1. The van der Waals surface area contributed by atoms with Crippen molar-refractivity contribution in [3.8, 4) is 44.5 Å². The maximum absolute atomic E-state index is 6.60. The second-order valence-corrected chi connectivity index (χ2v) is 18.8. The Hall–Kier alpha value is -8.20. The number of rotatable bonds is 7. The standard InChI is InChI=1S/C65H47NO/c1-5-6-22-47-41(2)65(55-29-15-11-23-49(47)55)56-30-16-12-25-52(56)62-48(27-18-31-57(62)65)44-37-43(42-20-8-7-9-21-42)38-46(39-44)66(59-32-19-34-61-63(59)53-26-13-17-33-60(53)67-61)45-35-36-51-50-24-10-14-28-54(50)64(3,4)58(51)40-45/h5-40H,1H2,2-4H3/b22-6-. The summed E-state index contributed by atoms with van der Waals surface area (Å²) >= 11 is 0. The van der Waals surface area contributed by atoms with Crippen molar-refractivity contribution in [3.63, 3.8) is 0 Å². The number of allylic oxidation sites excluding steroid dienone is 5. The summed E-state index contributed by atoms with van der Waals surface area (Å²) in [4.78, 5) is 2.48. The van der Waals surface area contributed by atoms with Crippen molar-refractivity contribution in [2.24, 2.45) is 0 Å². The summed E-state index contributed by atoms with van der Waals surface area (Å²) in [5.74, 6) is 0. The third-order valence-electron chi connectivity index (χ3n) is 15.1.